The van der Waals surface area contributed by atoms with E-state index < -0.39 is 132 Å². The molecule has 0 spiro atoms. The van der Waals surface area contributed by atoms with Gasteiger partial charge in [-0.1, -0.05) is 12.1 Å². The number of anilines is 2. The van der Waals surface area contributed by atoms with Crippen molar-refractivity contribution in [3.8, 4) is 0 Å². The van der Waals surface area contributed by atoms with Crippen molar-refractivity contribution in [3.63, 3.8) is 0 Å². The summed E-state index contributed by atoms with van der Waals surface area (Å²) in [6.07, 6.45) is -0.499. The number of hydrogen-bond acceptors (Lipinski definition) is 16. The summed E-state index contributed by atoms with van der Waals surface area (Å²) >= 11 is 0. The van der Waals surface area contributed by atoms with E-state index in [0.29, 0.717) is 38.5 Å². The third-order valence-electron chi connectivity index (χ3n) is 19.0. The lowest BCUT2D eigenvalue weighted by molar-refractivity contribution is -0.157. The van der Waals surface area contributed by atoms with Gasteiger partial charge in [-0.05, 0) is 155 Å². The SMILES string of the molecule is COC(=O)N[C@H](C(=O)N1CCCC1c1nc2cc([C@H]3CC[C@H](c4cc5c(cc4F)nc(C4CCCN4C(=O)[C@@H](NC(=O)OC)[C@@H](C)OC)n5COC(=O)C(C)(C)C)N3c3cc(F)c(N4CCC(c5ccc(F)cc5)CC4)c(F)c3)c(F)cc2n1COC(=O)C(C)(C)C)[C@@H](C)OC. The van der Waals surface area contributed by atoms with Gasteiger partial charge in [-0.25, -0.2) is 41.5 Å². The number of alkyl carbamates (subject to hydrolysis) is 2. The summed E-state index contributed by atoms with van der Waals surface area (Å²) in [6, 6.07) is 7.74. The summed E-state index contributed by atoms with van der Waals surface area (Å²) in [6.45, 7) is 13.3. The highest BCUT2D eigenvalue weighted by Gasteiger charge is 2.45. The number of likely N-dealkylation sites (tertiary alicyclic amines) is 2. The number of benzene rings is 4. The van der Waals surface area contributed by atoms with Crippen molar-refractivity contribution in [1.29, 1.82) is 0 Å². The predicted octanol–water partition coefficient (Wildman–Crippen LogP) is 11.5. The second-order valence-corrected chi connectivity index (χ2v) is 27.2. The number of rotatable bonds is 19. The van der Waals surface area contributed by atoms with E-state index in [0.717, 1.165) is 31.9 Å². The molecule has 0 saturated carbocycles. The molecule has 2 unspecified atom stereocenters. The molecular weight excluding hydrogens is 1260 g/mol. The number of carbonyl (C=O) groups excluding carboxylic acids is 6. The number of nitrogens with one attached hydrogen (secondary N) is 2. The van der Waals surface area contributed by atoms with E-state index in [1.807, 2.05) is 0 Å². The van der Waals surface area contributed by atoms with Crippen LogP contribution in [0, 0.1) is 39.9 Å². The molecular formula is C69H85F5N10O12. The topological polar surface area (TPSA) is 230 Å². The number of esters is 2. The Morgan fingerprint density at radius 2 is 0.979 bits per heavy atom. The molecule has 4 amide bonds. The van der Waals surface area contributed by atoms with Crippen LogP contribution in [0.15, 0.2) is 60.7 Å². The number of aromatic nitrogens is 4. The minimum atomic E-state index is -1.21. The van der Waals surface area contributed by atoms with Gasteiger partial charge in [0.2, 0.25) is 11.8 Å². The Hall–Kier alpha value is -8.59. The van der Waals surface area contributed by atoms with Crippen LogP contribution < -0.4 is 20.4 Å². The molecule has 4 saturated heterocycles. The molecule has 2 aromatic heterocycles. The Morgan fingerprint density at radius 3 is 1.43 bits per heavy atom. The minimum absolute atomic E-state index is 0.00529. The van der Waals surface area contributed by atoms with Crippen molar-refractivity contribution in [1.82, 2.24) is 39.5 Å². The van der Waals surface area contributed by atoms with Crippen LogP contribution in [0.3, 0.4) is 0 Å². The van der Waals surface area contributed by atoms with Gasteiger partial charge < -0.3 is 58.7 Å². The van der Waals surface area contributed by atoms with Crippen LogP contribution in [-0.2, 0) is 61.1 Å². The number of imidazole rings is 2. The zero-order valence-corrected chi connectivity index (χ0v) is 56.2. The fourth-order valence-corrected chi connectivity index (χ4v) is 13.6. The predicted molar refractivity (Wildman–Crippen MR) is 344 cm³/mol. The maximum Gasteiger partial charge on any atom is 0.407 e. The Labute approximate surface area is 554 Å². The second-order valence-electron chi connectivity index (χ2n) is 27.2. The summed E-state index contributed by atoms with van der Waals surface area (Å²) in [4.78, 5) is 97.7. The van der Waals surface area contributed by atoms with Gasteiger partial charge in [-0.2, -0.15) is 0 Å². The Morgan fingerprint density at radius 1 is 0.542 bits per heavy atom. The van der Waals surface area contributed by atoms with Gasteiger partial charge in [0, 0.05) is 69.3 Å². The summed E-state index contributed by atoms with van der Waals surface area (Å²) in [5.74, 6) is -5.59. The number of amides is 4. The average molecular weight is 1340 g/mol. The van der Waals surface area contributed by atoms with Gasteiger partial charge in [0.1, 0.15) is 46.9 Å². The van der Waals surface area contributed by atoms with Crippen LogP contribution >= 0.6 is 0 Å². The molecule has 4 aromatic carbocycles. The van der Waals surface area contributed by atoms with E-state index in [4.69, 9.17) is 38.4 Å². The quantitative estimate of drug-likeness (QED) is 0.0436. The van der Waals surface area contributed by atoms with Crippen LogP contribution in [0.5, 0.6) is 0 Å². The first-order valence-corrected chi connectivity index (χ1v) is 32.4. The molecule has 0 bridgehead atoms. The van der Waals surface area contributed by atoms with Crippen LogP contribution in [0.1, 0.15) is 165 Å². The van der Waals surface area contributed by atoms with Gasteiger partial charge in [0.05, 0.1) is 83.5 Å². The lowest BCUT2D eigenvalue weighted by Gasteiger charge is -2.36. The first kappa shape index (κ1) is 70.2. The molecule has 6 heterocycles. The Balaban J connectivity index is 1.10. The largest absolute Gasteiger partial charge is 0.453 e. The van der Waals surface area contributed by atoms with Crippen molar-refractivity contribution in [2.75, 3.05) is 64.4 Å². The van der Waals surface area contributed by atoms with Gasteiger partial charge in [0.25, 0.3) is 0 Å². The summed E-state index contributed by atoms with van der Waals surface area (Å²) in [5, 5.41) is 5.15. The molecule has 4 aliphatic heterocycles. The van der Waals surface area contributed by atoms with Crippen molar-refractivity contribution in [2.45, 2.75) is 175 Å². The van der Waals surface area contributed by atoms with E-state index in [1.54, 1.807) is 81.9 Å². The second kappa shape index (κ2) is 28.6. The molecule has 8 atom stereocenters. The molecule has 2 N–H and O–H groups in total. The highest BCUT2D eigenvalue weighted by Crippen LogP contribution is 2.51. The minimum Gasteiger partial charge on any atom is -0.453 e. The highest BCUT2D eigenvalue weighted by atomic mass is 19.1. The summed E-state index contributed by atoms with van der Waals surface area (Å²) in [7, 11) is 5.11. The number of fused-ring (bicyclic) bond motifs is 2. The molecule has 96 heavy (non-hydrogen) atoms. The van der Waals surface area contributed by atoms with E-state index in [1.165, 1.54) is 65.0 Å². The van der Waals surface area contributed by atoms with E-state index in [9.17, 15) is 33.2 Å². The fourth-order valence-electron chi connectivity index (χ4n) is 13.6. The number of carbonyl (C=O) groups is 6. The number of ether oxygens (including phenoxy) is 6. The molecule has 4 aliphatic rings. The first-order valence-electron chi connectivity index (χ1n) is 32.4. The third-order valence-corrected chi connectivity index (χ3v) is 19.0. The van der Waals surface area contributed by atoms with Gasteiger partial charge >= 0.3 is 24.1 Å². The molecule has 0 radical (unpaired) electrons. The zero-order valence-electron chi connectivity index (χ0n) is 56.2. The number of methoxy groups -OCH3 is 4. The maximum atomic E-state index is 17.9. The van der Waals surface area contributed by atoms with Crippen molar-refractivity contribution < 1.29 is 79.1 Å². The van der Waals surface area contributed by atoms with Gasteiger partial charge in [-0.15, -0.1) is 0 Å². The van der Waals surface area contributed by atoms with Crippen LogP contribution in [0.25, 0.3) is 22.1 Å². The molecule has 4 fully saturated rings. The van der Waals surface area contributed by atoms with Crippen LogP contribution in [0.2, 0.25) is 0 Å². The molecule has 22 nitrogen and oxygen atoms in total. The van der Waals surface area contributed by atoms with Crippen LogP contribution in [-0.4, -0.2) is 144 Å². The monoisotopic (exact) mass is 1340 g/mol. The Kier molecular flexibility index (Phi) is 20.9. The van der Waals surface area contributed by atoms with Crippen molar-refractivity contribution >= 4 is 69.4 Å². The van der Waals surface area contributed by atoms with Gasteiger partial charge in [-0.3, -0.25) is 28.3 Å². The number of hydrogen-bond donors (Lipinski definition) is 2. The Bertz CT molecular complexity index is 3880. The third kappa shape index (κ3) is 14.3. The van der Waals surface area contributed by atoms with E-state index in [2.05, 4.69) is 10.6 Å². The van der Waals surface area contributed by atoms with Crippen molar-refractivity contribution in [3.05, 3.63) is 118 Å². The lowest BCUT2D eigenvalue weighted by Crippen LogP contribution is -2.54. The standard InChI is InChI=1S/C69H85F5N10O12/c1-37(91-9)57(77-66(89)93-11)62(85)80-25-13-15-53(80)60-75-49-31-43(46(72)34-56(49)83(60)36-96-65(88)69(6,7)8)51-21-22-52(84(51)42-29-47(73)59(48(74)30-42)79-27-23-40(24-28-79)39-17-19-41(70)20-18-39)44-32-55-50(33-45(44)71)76-61(82(55)35-95-64(87)68(3,4)5)54-16-14-26-81(54)63(86)58(38(2)92-10)78-67(90)94-12/h17-20,29-34,37-38,40,51-54,57-58H,13-16,21-28,35-36H2,1-12H3,(H,77,89)(H,78,90)/t37-,38-,51-,52-,53?,54?,57+,58+/m1/s1. The van der Waals surface area contributed by atoms with E-state index >= 15 is 17.6 Å². The summed E-state index contributed by atoms with van der Waals surface area (Å²) in [5.41, 5.74) is -0.628. The first-order chi connectivity index (χ1) is 45.6. The molecule has 10 rings (SSSR count). The van der Waals surface area contributed by atoms with Crippen molar-refractivity contribution in [2.24, 2.45) is 10.8 Å². The molecule has 6 aromatic rings. The maximum absolute atomic E-state index is 17.9. The van der Waals surface area contributed by atoms with Crippen LogP contribution in [0.4, 0.5) is 42.9 Å². The average Bonchev–Trinajstić information content (AvgIpc) is 1.58. The molecule has 0 aliphatic carbocycles. The number of piperidine rings is 1. The van der Waals surface area contributed by atoms with Gasteiger partial charge in [0.15, 0.2) is 25.1 Å². The lowest BCUT2D eigenvalue weighted by atomic mass is 9.89. The zero-order chi connectivity index (χ0) is 69.4. The number of nitrogens with zero attached hydrogens (tertiary/aromatic N) is 8. The smallest absolute Gasteiger partial charge is 0.407 e. The van der Waals surface area contributed by atoms with E-state index in [-0.39, 0.29) is 107 Å². The molecule has 27 heteroatoms. The fraction of sp³-hybridized carbons (Fsp3) is 0.536. The highest BCUT2D eigenvalue weighted by molar-refractivity contribution is 5.88. The summed E-state index contributed by atoms with van der Waals surface area (Å²) < 4.78 is 120. The molecule has 518 valence electrons. The normalized spacial score (nSPS) is 20.0. The number of halogens is 5.